The van der Waals surface area contributed by atoms with Crippen LogP contribution in [-0.2, 0) is 82.5 Å². The SMILES string of the molecule is [Ce].[Ni].[Ni].[Ni].[Ni].[Ni]. The fourth-order valence-corrected chi connectivity index (χ4v) is 0. The molecule has 0 aliphatic carbocycles. The predicted octanol–water partition coefficient (Wildman–Crippen LogP) is -0.0125. The first kappa shape index (κ1) is 52.1. The minimum Gasteiger partial charge on any atom is 0 e. The van der Waals surface area contributed by atoms with E-state index >= 15 is 0 Å². The van der Waals surface area contributed by atoms with E-state index in [9.17, 15) is 0 Å². The third-order valence-corrected chi connectivity index (χ3v) is 0. The Morgan fingerprint density at radius 1 is 0.333 bits per heavy atom. The Bertz CT molecular complexity index is 3.90. The van der Waals surface area contributed by atoms with Gasteiger partial charge in [0.05, 0.1) is 0 Å². The average Bonchev–Trinajstić information content (AvgIpc) is 0. The number of rotatable bonds is 0. The normalized spacial score (nSPS) is 0. The van der Waals surface area contributed by atoms with Crippen molar-refractivity contribution in [3.8, 4) is 0 Å². The first-order chi connectivity index (χ1) is 0. The van der Waals surface area contributed by atoms with Crippen LogP contribution in [0.3, 0.4) is 0 Å². The van der Waals surface area contributed by atoms with Crippen LogP contribution in [0.2, 0.25) is 0 Å². The van der Waals surface area contributed by atoms with Crippen LogP contribution in [0.5, 0.6) is 0 Å². The second kappa shape index (κ2) is 36.8. The van der Waals surface area contributed by atoms with E-state index in [4.69, 9.17) is 0 Å². The van der Waals surface area contributed by atoms with Gasteiger partial charge in [-0.3, -0.25) is 0 Å². The standard InChI is InChI=1S/Ce.5Ni. The predicted molar refractivity (Wildman–Crippen MR) is 0 cm³/mol. The Balaban J connectivity index is 0. The molecule has 0 spiro atoms. The molecule has 0 atom stereocenters. The minimum atomic E-state index is 0. The monoisotopic (exact) mass is 430 g/mol. The van der Waals surface area contributed by atoms with Crippen LogP contribution >= 0.6 is 0 Å². The van der Waals surface area contributed by atoms with Gasteiger partial charge in [-0.15, -0.1) is 0 Å². The Kier molecular flexibility index (Phi) is 320. The maximum absolute atomic E-state index is 0. The second-order valence-electron chi connectivity index (χ2n) is 0. The molecule has 0 aromatic heterocycles. The zero-order valence-corrected chi connectivity index (χ0v) is 10.2. The molecule has 0 heterocycles. The maximum atomic E-state index is 0. The van der Waals surface area contributed by atoms with Crippen molar-refractivity contribution < 1.29 is 124 Å². The Morgan fingerprint density at radius 3 is 0.333 bits per heavy atom. The first-order valence-corrected chi connectivity index (χ1v) is 0. The van der Waals surface area contributed by atoms with E-state index in [-0.39, 0.29) is 124 Å². The summed E-state index contributed by atoms with van der Waals surface area (Å²) in [4.78, 5) is 0. The number of hydrogen-bond acceptors (Lipinski definition) is 0. The summed E-state index contributed by atoms with van der Waals surface area (Å²) in [7, 11) is 0. The molecule has 0 aromatic carbocycles. The van der Waals surface area contributed by atoms with Crippen LogP contribution in [0.25, 0.3) is 0 Å². The van der Waals surface area contributed by atoms with Crippen LogP contribution in [0.1, 0.15) is 0 Å². The Labute approximate surface area is 121 Å². The molecule has 0 unspecified atom stereocenters. The molecule has 0 aliphatic rings. The smallest absolute Gasteiger partial charge is 0 e. The molecule has 0 amide bonds. The van der Waals surface area contributed by atoms with Gasteiger partial charge in [0.15, 0.2) is 0 Å². The zero-order chi connectivity index (χ0) is 0. The van der Waals surface area contributed by atoms with Gasteiger partial charge in [0.1, 0.15) is 0 Å². The average molecular weight is 434 g/mol. The molecular weight excluding hydrogens is 434 g/mol. The zero-order valence-electron chi connectivity index (χ0n) is 2.08. The first-order valence-electron chi connectivity index (χ1n) is 0. The Hall–Kier alpha value is 3.84. The molecule has 0 N–H and O–H groups in total. The maximum Gasteiger partial charge on any atom is 0 e. The van der Waals surface area contributed by atoms with Gasteiger partial charge in [-0.1, -0.05) is 0 Å². The van der Waals surface area contributed by atoms with Gasteiger partial charge >= 0.3 is 0 Å². The van der Waals surface area contributed by atoms with Gasteiger partial charge in [-0.25, -0.2) is 0 Å². The van der Waals surface area contributed by atoms with Gasteiger partial charge < -0.3 is 0 Å². The van der Waals surface area contributed by atoms with E-state index in [1.165, 1.54) is 0 Å². The van der Waals surface area contributed by atoms with E-state index in [1.807, 2.05) is 0 Å². The van der Waals surface area contributed by atoms with Crippen molar-refractivity contribution in [2.24, 2.45) is 0 Å². The summed E-state index contributed by atoms with van der Waals surface area (Å²) in [6.45, 7) is 0. The largest absolute Gasteiger partial charge is 0 e. The van der Waals surface area contributed by atoms with Crippen LogP contribution in [0.15, 0.2) is 0 Å². The molecular formula is CeNi5. The summed E-state index contributed by atoms with van der Waals surface area (Å²) in [6, 6.07) is 0. The van der Waals surface area contributed by atoms with Crippen molar-refractivity contribution >= 4 is 0 Å². The van der Waals surface area contributed by atoms with E-state index < -0.39 is 0 Å². The van der Waals surface area contributed by atoms with Gasteiger partial charge in [-0.2, -0.15) is 0 Å². The van der Waals surface area contributed by atoms with E-state index in [0.717, 1.165) is 0 Å². The van der Waals surface area contributed by atoms with Crippen molar-refractivity contribution in [1.82, 2.24) is 0 Å². The summed E-state index contributed by atoms with van der Waals surface area (Å²) in [5.74, 6) is 0. The molecule has 0 bridgehead atoms. The summed E-state index contributed by atoms with van der Waals surface area (Å²) in [5.41, 5.74) is 0. The molecule has 6 heteroatoms. The molecule has 54 valence electrons. The van der Waals surface area contributed by atoms with Crippen molar-refractivity contribution in [3.63, 3.8) is 0 Å². The van der Waals surface area contributed by atoms with Gasteiger partial charge in [0.2, 0.25) is 0 Å². The van der Waals surface area contributed by atoms with Crippen molar-refractivity contribution in [2.45, 2.75) is 0 Å². The van der Waals surface area contributed by atoms with Gasteiger partial charge in [0.25, 0.3) is 0 Å². The third-order valence-electron chi connectivity index (χ3n) is 0. The molecule has 0 aliphatic heterocycles. The summed E-state index contributed by atoms with van der Waals surface area (Å²) < 4.78 is 0. The van der Waals surface area contributed by atoms with Crippen molar-refractivity contribution in [1.29, 1.82) is 0 Å². The molecule has 0 aromatic rings. The van der Waals surface area contributed by atoms with Crippen molar-refractivity contribution in [2.75, 3.05) is 0 Å². The third kappa shape index (κ3) is 24.9. The molecule has 0 nitrogen and oxygen atoms in total. The molecule has 0 rings (SSSR count). The number of hydrogen-bond donors (Lipinski definition) is 0. The van der Waals surface area contributed by atoms with Crippen LogP contribution in [0, 0.1) is 41.7 Å². The molecule has 0 saturated carbocycles. The summed E-state index contributed by atoms with van der Waals surface area (Å²) in [6.07, 6.45) is 0. The van der Waals surface area contributed by atoms with E-state index in [1.54, 1.807) is 0 Å². The van der Waals surface area contributed by atoms with Crippen LogP contribution in [0.4, 0.5) is 0 Å². The van der Waals surface area contributed by atoms with Gasteiger partial charge in [-0.05, 0) is 0 Å². The molecule has 0 saturated heterocycles. The van der Waals surface area contributed by atoms with Crippen LogP contribution < -0.4 is 0 Å². The quantitative estimate of drug-likeness (QED) is 0.472. The fourth-order valence-electron chi connectivity index (χ4n) is 0. The summed E-state index contributed by atoms with van der Waals surface area (Å²) >= 11 is 0. The van der Waals surface area contributed by atoms with Crippen molar-refractivity contribution in [3.05, 3.63) is 0 Å². The summed E-state index contributed by atoms with van der Waals surface area (Å²) in [5, 5.41) is 0. The molecule has 6 heavy (non-hydrogen) atoms. The fraction of sp³-hybridized carbons (Fsp3) is 0. The van der Waals surface area contributed by atoms with Crippen LogP contribution in [-0.4, -0.2) is 0 Å². The van der Waals surface area contributed by atoms with E-state index in [0.29, 0.717) is 0 Å². The molecule has 0 radical (unpaired) electrons. The topological polar surface area (TPSA) is 0 Å². The minimum absolute atomic E-state index is 0. The Morgan fingerprint density at radius 2 is 0.333 bits per heavy atom. The molecule has 0 fully saturated rings. The second-order valence-corrected chi connectivity index (χ2v) is 0. The van der Waals surface area contributed by atoms with E-state index in [2.05, 4.69) is 0 Å². The van der Waals surface area contributed by atoms with Gasteiger partial charge in [0, 0.05) is 124 Å².